The molecule has 1 saturated carbocycles. The Bertz CT molecular complexity index is 1170. The molecule has 2 aromatic rings. The maximum Gasteiger partial charge on any atom is 0.0907 e. The SMILES string of the molecule is C=C(/C=C\Cc1ccccc1N(N)F)c1ccccc1C.C=CCC1C(=C)C(=C)C1(C=CC)NC=C.CC. The Morgan fingerprint density at radius 3 is 2.32 bits per heavy atom. The number of benzene rings is 2. The van der Waals surface area contributed by atoms with Crippen LogP contribution in [0.4, 0.5) is 10.2 Å². The summed E-state index contributed by atoms with van der Waals surface area (Å²) in [6, 6.07) is 15.2. The second-order valence-corrected chi connectivity index (χ2v) is 8.68. The third kappa shape index (κ3) is 7.80. The summed E-state index contributed by atoms with van der Waals surface area (Å²) in [5.41, 5.74) is 6.42. The van der Waals surface area contributed by atoms with E-state index in [9.17, 15) is 4.48 Å². The number of anilines is 1. The number of allylic oxidation sites excluding steroid dienone is 5. The first-order valence-corrected chi connectivity index (χ1v) is 12.9. The molecule has 1 fully saturated rings. The van der Waals surface area contributed by atoms with E-state index < -0.39 is 0 Å². The number of nitrogens with one attached hydrogen (secondary N) is 1. The summed E-state index contributed by atoms with van der Waals surface area (Å²) in [5.74, 6) is 5.53. The Balaban J connectivity index is 0.000000375. The summed E-state index contributed by atoms with van der Waals surface area (Å²) in [4.78, 5) is 0. The van der Waals surface area contributed by atoms with Gasteiger partial charge < -0.3 is 5.32 Å². The highest BCUT2D eigenvalue weighted by molar-refractivity contribution is 5.74. The Hall–Kier alpha value is -3.89. The highest BCUT2D eigenvalue weighted by atomic mass is 19.2. The van der Waals surface area contributed by atoms with Crippen LogP contribution in [-0.4, -0.2) is 5.54 Å². The van der Waals surface area contributed by atoms with Crippen molar-refractivity contribution in [3.63, 3.8) is 0 Å². The van der Waals surface area contributed by atoms with E-state index in [0.29, 0.717) is 18.0 Å². The van der Waals surface area contributed by atoms with Crippen LogP contribution in [0, 0.1) is 12.8 Å². The molecule has 202 valence electrons. The third-order valence-corrected chi connectivity index (χ3v) is 6.40. The highest BCUT2D eigenvalue weighted by Crippen LogP contribution is 2.49. The molecule has 0 bridgehead atoms. The second kappa shape index (κ2) is 16.1. The summed E-state index contributed by atoms with van der Waals surface area (Å²) in [7, 11) is 0. The van der Waals surface area contributed by atoms with Crippen molar-refractivity contribution < 1.29 is 4.48 Å². The van der Waals surface area contributed by atoms with Crippen molar-refractivity contribution in [2.45, 2.75) is 46.1 Å². The van der Waals surface area contributed by atoms with E-state index in [4.69, 9.17) is 5.84 Å². The number of nitrogens with two attached hydrogens (primary N) is 1. The molecular weight excluding hydrogens is 469 g/mol. The Morgan fingerprint density at radius 1 is 1.11 bits per heavy atom. The Kier molecular flexibility index (Phi) is 13.6. The lowest BCUT2D eigenvalue weighted by Crippen LogP contribution is -2.57. The molecule has 0 saturated heterocycles. The molecule has 0 heterocycles. The fourth-order valence-corrected chi connectivity index (χ4v) is 4.51. The molecule has 2 atom stereocenters. The predicted molar refractivity (Wildman–Crippen MR) is 166 cm³/mol. The normalized spacial score (nSPS) is 18.0. The number of para-hydroxylation sites is 1. The first kappa shape index (κ1) is 32.1. The van der Waals surface area contributed by atoms with Gasteiger partial charge in [0.05, 0.1) is 11.2 Å². The standard InChI is InChI=1S/C18H19FN2.C14H19N.C2H6/c1-14-8-3-5-12-17(14)15(2)9-7-11-16-10-4-6-13-18(16)21(19)20;1-6-9-13-11(4)12(5)14(13,10-7-2)15-8-3;1-2/h3-10,12-13H,2,11,20H2,1H3;6-8,10,13,15H,1,3-5,9H2,2H3;1-2H3/b9-7-;;. The van der Waals surface area contributed by atoms with Crippen molar-refractivity contribution in [1.82, 2.24) is 5.32 Å². The topological polar surface area (TPSA) is 41.3 Å². The van der Waals surface area contributed by atoms with E-state index in [2.05, 4.69) is 57.3 Å². The summed E-state index contributed by atoms with van der Waals surface area (Å²) in [6.07, 6.45) is 13.2. The van der Waals surface area contributed by atoms with Gasteiger partial charge in [-0.2, -0.15) is 0 Å². The third-order valence-electron chi connectivity index (χ3n) is 6.40. The van der Waals surface area contributed by atoms with Crippen molar-refractivity contribution in [3.8, 4) is 0 Å². The zero-order valence-corrected chi connectivity index (χ0v) is 23.5. The van der Waals surface area contributed by atoms with Crippen LogP contribution in [0.1, 0.15) is 43.9 Å². The molecule has 3 N–H and O–H groups in total. The van der Waals surface area contributed by atoms with Gasteiger partial charge in [0.1, 0.15) is 0 Å². The molecule has 1 aliphatic carbocycles. The van der Waals surface area contributed by atoms with Gasteiger partial charge in [0.2, 0.25) is 0 Å². The molecular formula is C34H44FN3. The van der Waals surface area contributed by atoms with E-state index in [-0.39, 0.29) is 10.8 Å². The number of aryl methyl sites for hydroxylation is 1. The summed E-state index contributed by atoms with van der Waals surface area (Å²) >= 11 is 0. The molecule has 38 heavy (non-hydrogen) atoms. The van der Waals surface area contributed by atoms with Gasteiger partial charge in [-0.1, -0.05) is 117 Å². The molecule has 2 aromatic carbocycles. The van der Waals surface area contributed by atoms with E-state index in [1.165, 1.54) is 5.56 Å². The van der Waals surface area contributed by atoms with Gasteiger partial charge in [0, 0.05) is 5.92 Å². The average molecular weight is 514 g/mol. The zero-order chi connectivity index (χ0) is 28.7. The van der Waals surface area contributed by atoms with E-state index >= 15 is 0 Å². The van der Waals surface area contributed by atoms with Gasteiger partial charge in [-0.15, -0.1) is 11.8 Å². The number of halogens is 1. The maximum atomic E-state index is 13.2. The molecule has 0 amide bonds. The van der Waals surface area contributed by atoms with Crippen LogP contribution in [0.5, 0.6) is 0 Å². The largest absolute Gasteiger partial charge is 0.378 e. The summed E-state index contributed by atoms with van der Waals surface area (Å²) in [5, 5.41) is 3.43. The average Bonchev–Trinajstić information content (AvgIpc) is 2.93. The molecule has 0 radical (unpaired) electrons. The lowest BCUT2D eigenvalue weighted by molar-refractivity contribution is 0.324. The van der Waals surface area contributed by atoms with Crippen LogP contribution in [0.15, 0.2) is 129 Å². The minimum Gasteiger partial charge on any atom is -0.378 e. The second-order valence-electron chi connectivity index (χ2n) is 8.68. The van der Waals surface area contributed by atoms with Crippen LogP contribution in [0.25, 0.3) is 5.57 Å². The van der Waals surface area contributed by atoms with Gasteiger partial charge >= 0.3 is 0 Å². The maximum absolute atomic E-state index is 13.2. The van der Waals surface area contributed by atoms with E-state index in [0.717, 1.165) is 34.3 Å². The summed E-state index contributed by atoms with van der Waals surface area (Å²) in [6.45, 7) is 27.8. The molecule has 0 spiro atoms. The lowest BCUT2D eigenvalue weighted by atomic mass is 9.58. The van der Waals surface area contributed by atoms with E-state index in [1.54, 1.807) is 18.3 Å². The lowest BCUT2D eigenvalue weighted by Gasteiger charge is -2.52. The predicted octanol–water partition coefficient (Wildman–Crippen LogP) is 8.75. The smallest absolute Gasteiger partial charge is 0.0907 e. The molecule has 2 unspecified atom stereocenters. The molecule has 0 aliphatic heterocycles. The van der Waals surface area contributed by atoms with Crippen molar-refractivity contribution >= 4 is 11.3 Å². The van der Waals surface area contributed by atoms with Gasteiger partial charge in [-0.05, 0) is 72.4 Å². The van der Waals surface area contributed by atoms with Crippen molar-refractivity contribution in [1.29, 1.82) is 0 Å². The van der Waals surface area contributed by atoms with Gasteiger partial charge in [-0.3, -0.25) is 0 Å². The minimum atomic E-state index is -0.193. The number of rotatable bonds is 10. The van der Waals surface area contributed by atoms with Crippen LogP contribution in [0.2, 0.25) is 0 Å². The molecule has 3 rings (SSSR count). The number of hydrogen-bond donors (Lipinski definition) is 2. The van der Waals surface area contributed by atoms with E-state index in [1.807, 2.05) is 75.4 Å². The number of nitrogens with zero attached hydrogens (tertiary/aromatic N) is 1. The summed E-state index contributed by atoms with van der Waals surface area (Å²) < 4.78 is 13.2. The fourth-order valence-electron chi connectivity index (χ4n) is 4.51. The molecule has 3 nitrogen and oxygen atoms in total. The first-order chi connectivity index (χ1) is 18.2. The van der Waals surface area contributed by atoms with Crippen LogP contribution in [-0.2, 0) is 6.42 Å². The van der Waals surface area contributed by atoms with Crippen LogP contribution in [0.3, 0.4) is 0 Å². The number of hydrogen-bond acceptors (Lipinski definition) is 3. The molecule has 0 aromatic heterocycles. The Labute approximate surface area is 229 Å². The van der Waals surface area contributed by atoms with Gasteiger partial charge in [0.25, 0.3) is 0 Å². The zero-order valence-electron chi connectivity index (χ0n) is 23.5. The molecule has 1 aliphatic rings. The van der Waals surface area contributed by atoms with Crippen molar-refractivity contribution in [2.75, 3.05) is 5.23 Å². The molecule has 4 heteroatoms. The van der Waals surface area contributed by atoms with Crippen molar-refractivity contribution in [2.24, 2.45) is 11.8 Å². The van der Waals surface area contributed by atoms with Crippen LogP contribution < -0.4 is 16.4 Å². The Morgan fingerprint density at radius 2 is 1.74 bits per heavy atom. The first-order valence-electron chi connectivity index (χ1n) is 12.9. The van der Waals surface area contributed by atoms with Crippen molar-refractivity contribution in [3.05, 3.63) is 146 Å². The fraction of sp³-hybridized carbons (Fsp3) is 0.235. The van der Waals surface area contributed by atoms with Crippen LogP contribution >= 0.6 is 0 Å². The quantitative estimate of drug-likeness (QED) is 0.110. The highest BCUT2D eigenvalue weighted by Gasteiger charge is 2.49. The number of hydrazine groups is 1. The van der Waals surface area contributed by atoms with Gasteiger partial charge in [-0.25, -0.2) is 5.84 Å². The minimum absolute atomic E-state index is 0.152. The monoisotopic (exact) mass is 513 g/mol. The van der Waals surface area contributed by atoms with Gasteiger partial charge in [0.15, 0.2) is 0 Å².